The van der Waals surface area contributed by atoms with Crippen LogP contribution in [-0.2, 0) is 6.18 Å². The Morgan fingerprint density at radius 2 is 1.30 bits per heavy atom. The van der Waals surface area contributed by atoms with Crippen molar-refractivity contribution in [1.82, 2.24) is 20.6 Å². The van der Waals surface area contributed by atoms with Crippen LogP contribution in [0.3, 0.4) is 0 Å². The number of amides is 2. The highest BCUT2D eigenvalue weighted by atomic mass is 19.4. The molecule has 30 heavy (non-hydrogen) atoms. The first-order chi connectivity index (χ1) is 14.1. The van der Waals surface area contributed by atoms with Gasteiger partial charge in [0, 0.05) is 24.2 Å². The van der Waals surface area contributed by atoms with Crippen LogP contribution in [0.25, 0.3) is 11.0 Å². The standard InChI is InChI=1S/C21H19F3N4O2/c1-12-13(2)28-18-11-15(5-8-17(18)27-12)20(30)26-10-9-25-19(29)14-3-6-16(7-4-14)21(22,23)24/h3-8,11H,9-10H2,1-2H3,(H,25,29)(H,26,30). The fourth-order valence-electron chi connectivity index (χ4n) is 2.74. The lowest BCUT2D eigenvalue weighted by molar-refractivity contribution is -0.137. The molecule has 0 aliphatic heterocycles. The van der Waals surface area contributed by atoms with Crippen LogP contribution in [0.1, 0.15) is 37.7 Å². The lowest BCUT2D eigenvalue weighted by atomic mass is 10.1. The minimum Gasteiger partial charge on any atom is -0.350 e. The topological polar surface area (TPSA) is 84.0 Å². The van der Waals surface area contributed by atoms with Gasteiger partial charge in [-0.05, 0) is 56.3 Å². The van der Waals surface area contributed by atoms with E-state index in [4.69, 9.17) is 0 Å². The number of hydrogen-bond donors (Lipinski definition) is 2. The maximum atomic E-state index is 12.6. The summed E-state index contributed by atoms with van der Waals surface area (Å²) in [5, 5.41) is 5.22. The highest BCUT2D eigenvalue weighted by Gasteiger charge is 2.30. The molecule has 0 atom stereocenters. The zero-order valence-electron chi connectivity index (χ0n) is 16.3. The van der Waals surface area contributed by atoms with E-state index in [0.29, 0.717) is 16.6 Å². The number of hydrogen-bond acceptors (Lipinski definition) is 4. The van der Waals surface area contributed by atoms with Gasteiger partial charge in [-0.15, -0.1) is 0 Å². The Labute approximate surface area is 170 Å². The van der Waals surface area contributed by atoms with E-state index in [1.807, 2.05) is 13.8 Å². The third kappa shape index (κ3) is 4.91. The van der Waals surface area contributed by atoms with Crippen molar-refractivity contribution >= 4 is 22.8 Å². The minimum atomic E-state index is -4.45. The summed E-state index contributed by atoms with van der Waals surface area (Å²) < 4.78 is 37.7. The summed E-state index contributed by atoms with van der Waals surface area (Å²) in [6.07, 6.45) is -4.45. The second kappa shape index (κ2) is 8.48. The van der Waals surface area contributed by atoms with Crippen LogP contribution in [-0.4, -0.2) is 34.9 Å². The van der Waals surface area contributed by atoms with Gasteiger partial charge in [-0.3, -0.25) is 9.59 Å². The van der Waals surface area contributed by atoms with Gasteiger partial charge in [-0.2, -0.15) is 13.2 Å². The highest BCUT2D eigenvalue weighted by molar-refractivity contribution is 5.97. The molecule has 0 aliphatic carbocycles. The molecule has 2 aromatic carbocycles. The van der Waals surface area contributed by atoms with Crippen LogP contribution in [0.5, 0.6) is 0 Å². The van der Waals surface area contributed by atoms with E-state index in [0.717, 1.165) is 35.7 Å². The molecule has 9 heteroatoms. The van der Waals surface area contributed by atoms with E-state index in [2.05, 4.69) is 20.6 Å². The number of benzene rings is 2. The molecule has 3 aromatic rings. The molecule has 2 N–H and O–H groups in total. The van der Waals surface area contributed by atoms with Gasteiger partial charge in [0.25, 0.3) is 11.8 Å². The molecular formula is C21H19F3N4O2. The predicted octanol–water partition coefficient (Wildman–Crippen LogP) is 3.43. The predicted molar refractivity (Wildman–Crippen MR) is 105 cm³/mol. The van der Waals surface area contributed by atoms with Crippen LogP contribution in [0, 0.1) is 13.8 Å². The number of fused-ring (bicyclic) bond motifs is 1. The van der Waals surface area contributed by atoms with Crippen LogP contribution >= 0.6 is 0 Å². The van der Waals surface area contributed by atoms with Crippen molar-refractivity contribution in [3.63, 3.8) is 0 Å². The van der Waals surface area contributed by atoms with Crippen molar-refractivity contribution in [1.29, 1.82) is 0 Å². The molecule has 1 aromatic heterocycles. The smallest absolute Gasteiger partial charge is 0.350 e. The Morgan fingerprint density at radius 1 is 0.800 bits per heavy atom. The monoisotopic (exact) mass is 416 g/mol. The summed E-state index contributed by atoms with van der Waals surface area (Å²) in [6.45, 7) is 3.98. The fraction of sp³-hybridized carbons (Fsp3) is 0.238. The van der Waals surface area contributed by atoms with E-state index in [-0.39, 0.29) is 24.6 Å². The number of halogens is 3. The first kappa shape index (κ1) is 21.2. The maximum absolute atomic E-state index is 12.6. The second-order valence-electron chi connectivity index (χ2n) is 6.68. The normalized spacial score (nSPS) is 11.4. The van der Waals surface area contributed by atoms with Gasteiger partial charge in [0.15, 0.2) is 0 Å². The van der Waals surface area contributed by atoms with Crippen molar-refractivity contribution in [2.24, 2.45) is 0 Å². The average Bonchev–Trinajstić information content (AvgIpc) is 2.71. The molecule has 0 radical (unpaired) electrons. The third-order valence-corrected chi connectivity index (χ3v) is 4.51. The largest absolute Gasteiger partial charge is 0.416 e. The Bertz CT molecular complexity index is 1100. The van der Waals surface area contributed by atoms with Crippen LogP contribution in [0.15, 0.2) is 42.5 Å². The third-order valence-electron chi connectivity index (χ3n) is 4.51. The molecule has 1 heterocycles. The zero-order valence-corrected chi connectivity index (χ0v) is 16.3. The first-order valence-corrected chi connectivity index (χ1v) is 9.14. The summed E-state index contributed by atoms with van der Waals surface area (Å²) in [5.74, 6) is -0.856. The minimum absolute atomic E-state index is 0.105. The number of alkyl halides is 3. The molecule has 3 rings (SSSR count). The molecule has 0 fully saturated rings. The first-order valence-electron chi connectivity index (χ1n) is 9.14. The highest BCUT2D eigenvalue weighted by Crippen LogP contribution is 2.29. The molecule has 2 amide bonds. The number of carbonyl (C=O) groups is 2. The van der Waals surface area contributed by atoms with Crippen molar-refractivity contribution in [3.8, 4) is 0 Å². The molecule has 0 saturated heterocycles. The van der Waals surface area contributed by atoms with Crippen molar-refractivity contribution in [2.45, 2.75) is 20.0 Å². The van der Waals surface area contributed by atoms with Crippen molar-refractivity contribution in [3.05, 3.63) is 70.5 Å². The molecule has 0 unspecified atom stereocenters. The van der Waals surface area contributed by atoms with E-state index in [9.17, 15) is 22.8 Å². The second-order valence-corrected chi connectivity index (χ2v) is 6.68. The van der Waals surface area contributed by atoms with Crippen molar-refractivity contribution in [2.75, 3.05) is 13.1 Å². The average molecular weight is 416 g/mol. The van der Waals surface area contributed by atoms with Crippen molar-refractivity contribution < 1.29 is 22.8 Å². The maximum Gasteiger partial charge on any atom is 0.416 e. The van der Waals surface area contributed by atoms with Gasteiger partial charge in [0.1, 0.15) is 0 Å². The molecule has 0 saturated carbocycles. The molecule has 0 bridgehead atoms. The van der Waals surface area contributed by atoms with Crippen LogP contribution < -0.4 is 10.6 Å². The molecule has 156 valence electrons. The fourth-order valence-corrected chi connectivity index (χ4v) is 2.74. The number of nitrogens with one attached hydrogen (secondary N) is 2. The summed E-state index contributed by atoms with van der Waals surface area (Å²) in [7, 11) is 0. The summed E-state index contributed by atoms with van der Waals surface area (Å²) in [5.41, 5.74) is 2.60. The zero-order chi connectivity index (χ0) is 21.9. The number of aromatic nitrogens is 2. The molecule has 6 nitrogen and oxygen atoms in total. The van der Waals surface area contributed by atoms with E-state index >= 15 is 0 Å². The summed E-state index contributed by atoms with van der Waals surface area (Å²) >= 11 is 0. The quantitative estimate of drug-likeness (QED) is 0.625. The van der Waals surface area contributed by atoms with E-state index < -0.39 is 17.6 Å². The van der Waals surface area contributed by atoms with Crippen LogP contribution in [0.2, 0.25) is 0 Å². The lowest BCUT2D eigenvalue weighted by Gasteiger charge is -2.09. The van der Waals surface area contributed by atoms with Gasteiger partial charge >= 0.3 is 6.18 Å². The Morgan fingerprint density at radius 3 is 1.87 bits per heavy atom. The van der Waals surface area contributed by atoms with Gasteiger partial charge in [0.2, 0.25) is 0 Å². The Hall–Kier alpha value is -3.49. The molecule has 0 spiro atoms. The van der Waals surface area contributed by atoms with E-state index in [1.54, 1.807) is 18.2 Å². The van der Waals surface area contributed by atoms with Gasteiger partial charge in [-0.25, -0.2) is 9.97 Å². The summed E-state index contributed by atoms with van der Waals surface area (Å²) in [4.78, 5) is 33.2. The van der Waals surface area contributed by atoms with Crippen LogP contribution in [0.4, 0.5) is 13.2 Å². The SMILES string of the molecule is Cc1nc2ccc(C(=O)NCCNC(=O)c3ccc(C(F)(F)F)cc3)cc2nc1C. The van der Waals surface area contributed by atoms with Gasteiger partial charge in [0.05, 0.1) is 28.0 Å². The van der Waals surface area contributed by atoms with Gasteiger partial charge < -0.3 is 10.6 Å². The Kier molecular flexibility index (Phi) is 6.00. The Balaban J connectivity index is 1.52. The lowest BCUT2D eigenvalue weighted by Crippen LogP contribution is -2.34. The molecule has 0 aliphatic rings. The number of aryl methyl sites for hydroxylation is 2. The summed E-state index contributed by atoms with van der Waals surface area (Å²) in [6, 6.07) is 8.92. The number of nitrogens with zero attached hydrogens (tertiary/aromatic N) is 2. The number of carbonyl (C=O) groups excluding carboxylic acids is 2. The van der Waals surface area contributed by atoms with E-state index in [1.165, 1.54) is 0 Å². The number of rotatable bonds is 5. The van der Waals surface area contributed by atoms with Gasteiger partial charge in [-0.1, -0.05) is 0 Å². The molecular weight excluding hydrogens is 397 g/mol.